The topological polar surface area (TPSA) is 147 Å². The highest BCUT2D eigenvalue weighted by molar-refractivity contribution is 5.78. The molecule has 0 radical (unpaired) electrons. The Balaban J connectivity index is -0.0000000406. The number of aliphatic carboxylic acids is 1. The number of hydrogen-bond donors (Lipinski definition) is 4. The summed E-state index contributed by atoms with van der Waals surface area (Å²) in [5.41, 5.74) is 0. The van der Waals surface area contributed by atoms with Gasteiger partial charge < -0.3 is 21.5 Å². The van der Waals surface area contributed by atoms with Crippen LogP contribution in [0.5, 0.6) is 0 Å². The lowest BCUT2D eigenvalue weighted by Crippen LogP contribution is -1.82. The van der Waals surface area contributed by atoms with Gasteiger partial charge in [-0.25, -0.2) is 4.79 Å². The number of carboxylic acids is 1. The summed E-state index contributed by atoms with van der Waals surface area (Å²) >= 11 is 0. The smallest absolute Gasteiger partial charge is 0.327 e. The van der Waals surface area contributed by atoms with E-state index in [9.17, 15) is 4.79 Å². The molecule has 7 heteroatoms. The largest absolute Gasteiger partial charge is 0.483 e. The van der Waals surface area contributed by atoms with Gasteiger partial charge in [-0.1, -0.05) is 6.58 Å². The van der Waals surface area contributed by atoms with Crippen molar-refractivity contribution >= 4 is 18.9 Å². The second-order valence-corrected chi connectivity index (χ2v) is 0.753. The maximum Gasteiger partial charge on any atom is 0.327 e. The van der Waals surface area contributed by atoms with Gasteiger partial charge in [0, 0.05) is 6.08 Å². The molecular weight excluding hydrogens is 170 g/mol. The zero-order chi connectivity index (χ0) is 9.70. The Bertz CT molecular complexity index is 117. The zero-order valence-corrected chi connectivity index (χ0v) is 6.21. The molecule has 0 aromatic carbocycles. The lowest BCUT2D eigenvalue weighted by Gasteiger charge is -1.64. The summed E-state index contributed by atoms with van der Waals surface area (Å²) < 4.78 is 0. The fraction of sp³-hybridized carbons (Fsp3) is 0. The second kappa shape index (κ2) is 35.5. The lowest BCUT2D eigenvalue weighted by molar-refractivity contribution is -0.131. The van der Waals surface area contributed by atoms with E-state index in [0.29, 0.717) is 0 Å². The summed E-state index contributed by atoms with van der Waals surface area (Å²) in [5.74, 6) is -0.981. The number of rotatable bonds is 1. The van der Waals surface area contributed by atoms with Crippen molar-refractivity contribution < 1.29 is 29.7 Å². The van der Waals surface area contributed by atoms with Crippen LogP contribution in [0.25, 0.3) is 0 Å². The highest BCUT2D eigenvalue weighted by Gasteiger charge is 1.73. The Morgan fingerprint density at radius 3 is 1.25 bits per heavy atom. The third kappa shape index (κ3) is 33900. The molecular formula is C5H11NO6. The number of carbonyl (C=O) groups is 3. The van der Waals surface area contributed by atoms with E-state index < -0.39 is 5.97 Å². The fourth-order valence-corrected chi connectivity index (χ4v) is 0. The van der Waals surface area contributed by atoms with Crippen LogP contribution in [0, 0.1) is 0 Å². The van der Waals surface area contributed by atoms with Crippen LogP contribution in [-0.4, -0.2) is 34.2 Å². The van der Waals surface area contributed by atoms with E-state index >= 15 is 0 Å². The first kappa shape index (κ1) is 22.5. The van der Waals surface area contributed by atoms with Gasteiger partial charge in [0.1, 0.15) is 0 Å². The van der Waals surface area contributed by atoms with Crippen molar-refractivity contribution in [3.8, 4) is 0 Å². The van der Waals surface area contributed by atoms with E-state index in [1.54, 1.807) is 0 Å². The molecule has 0 aromatic heterocycles. The van der Waals surface area contributed by atoms with Crippen molar-refractivity contribution in [1.29, 1.82) is 0 Å². The molecule has 0 unspecified atom stereocenters. The van der Waals surface area contributed by atoms with Gasteiger partial charge in [-0.15, -0.1) is 0 Å². The van der Waals surface area contributed by atoms with Gasteiger partial charge in [-0.2, -0.15) is 0 Å². The van der Waals surface area contributed by atoms with Gasteiger partial charge in [-0.3, -0.25) is 9.59 Å². The quantitative estimate of drug-likeness (QED) is 0.324. The van der Waals surface area contributed by atoms with Crippen molar-refractivity contribution in [3.05, 3.63) is 12.7 Å². The van der Waals surface area contributed by atoms with E-state index in [-0.39, 0.29) is 19.1 Å². The minimum Gasteiger partial charge on any atom is -0.483 e. The van der Waals surface area contributed by atoms with E-state index in [2.05, 4.69) is 6.58 Å². The molecule has 0 aliphatic heterocycles. The molecule has 72 valence electrons. The van der Waals surface area contributed by atoms with Gasteiger partial charge in [0.2, 0.25) is 0 Å². The van der Waals surface area contributed by atoms with Gasteiger partial charge in [0.05, 0.1) is 0 Å². The van der Waals surface area contributed by atoms with Crippen molar-refractivity contribution in [2.45, 2.75) is 0 Å². The maximum absolute atomic E-state index is 9.25. The van der Waals surface area contributed by atoms with E-state index in [0.717, 1.165) is 6.08 Å². The lowest BCUT2D eigenvalue weighted by atomic mass is 10.7. The minimum absolute atomic E-state index is 0. The van der Waals surface area contributed by atoms with Crippen LogP contribution >= 0.6 is 0 Å². The monoisotopic (exact) mass is 181 g/mol. The molecule has 0 aromatic rings. The molecule has 0 atom stereocenters. The third-order valence-electron chi connectivity index (χ3n) is 0.175. The van der Waals surface area contributed by atoms with Crippen molar-refractivity contribution in [2.75, 3.05) is 0 Å². The first-order valence-electron chi connectivity index (χ1n) is 2.11. The van der Waals surface area contributed by atoms with E-state index in [4.69, 9.17) is 24.9 Å². The standard InChI is InChI=1S/C3H4O2.2CH2O2.H3N/c1-2-3(4)5;2*2-1-3;/h2H,1H2,(H,4,5);2*1H,(H,2,3);1H3. The minimum atomic E-state index is -0.981. The summed E-state index contributed by atoms with van der Waals surface area (Å²) in [6.45, 7) is 2.46. The molecule has 0 aliphatic carbocycles. The van der Waals surface area contributed by atoms with Crippen molar-refractivity contribution in [2.24, 2.45) is 0 Å². The number of hydrogen-bond acceptors (Lipinski definition) is 4. The van der Waals surface area contributed by atoms with Crippen LogP contribution < -0.4 is 6.15 Å². The summed E-state index contributed by atoms with van der Waals surface area (Å²) in [6, 6.07) is 0. The molecule has 7 nitrogen and oxygen atoms in total. The van der Waals surface area contributed by atoms with Gasteiger partial charge >= 0.3 is 5.97 Å². The van der Waals surface area contributed by atoms with Crippen molar-refractivity contribution in [1.82, 2.24) is 6.15 Å². The first-order chi connectivity index (χ1) is 5.10. The maximum atomic E-state index is 9.25. The summed E-state index contributed by atoms with van der Waals surface area (Å²) in [5, 5.41) is 21.4. The normalized spacial score (nSPS) is 4.67. The average Bonchev–Trinajstić information content (AvgIpc) is 1.91. The molecule has 0 aliphatic rings. The first-order valence-corrected chi connectivity index (χ1v) is 2.11. The molecule has 0 saturated heterocycles. The van der Waals surface area contributed by atoms with Gasteiger partial charge in [0.15, 0.2) is 0 Å². The van der Waals surface area contributed by atoms with Crippen LogP contribution in [0.15, 0.2) is 12.7 Å². The predicted molar refractivity (Wildman–Crippen MR) is 40.2 cm³/mol. The SMILES string of the molecule is C=CC(=O)O.N.O=CO.O=CO. The second-order valence-electron chi connectivity index (χ2n) is 0.753. The molecule has 0 saturated carbocycles. The van der Waals surface area contributed by atoms with E-state index in [1.165, 1.54) is 0 Å². The summed E-state index contributed by atoms with van der Waals surface area (Å²) in [7, 11) is 0. The molecule has 12 heavy (non-hydrogen) atoms. The molecule has 0 heterocycles. The Labute approximate surface area is 68.5 Å². The fourth-order valence-electron chi connectivity index (χ4n) is 0. The highest BCUT2D eigenvalue weighted by Crippen LogP contribution is 1.54. The van der Waals surface area contributed by atoms with Crippen LogP contribution in [0.2, 0.25) is 0 Å². The third-order valence-corrected chi connectivity index (χ3v) is 0.175. The van der Waals surface area contributed by atoms with Crippen LogP contribution in [-0.2, 0) is 14.4 Å². The summed E-state index contributed by atoms with van der Waals surface area (Å²) in [6.07, 6.45) is 0.833. The van der Waals surface area contributed by atoms with Crippen LogP contribution in [0.1, 0.15) is 0 Å². The molecule has 0 rings (SSSR count). The van der Waals surface area contributed by atoms with Gasteiger partial charge in [0.25, 0.3) is 12.9 Å². The summed E-state index contributed by atoms with van der Waals surface area (Å²) in [4.78, 5) is 26.0. The van der Waals surface area contributed by atoms with Crippen LogP contribution in [0.3, 0.4) is 0 Å². The Kier molecular flexibility index (Phi) is 66.4. The van der Waals surface area contributed by atoms with E-state index in [1.807, 2.05) is 0 Å². The molecule has 0 amide bonds. The molecule has 6 N–H and O–H groups in total. The predicted octanol–water partition coefficient (Wildman–Crippen LogP) is -0.179. The Morgan fingerprint density at radius 1 is 1.17 bits per heavy atom. The Morgan fingerprint density at radius 2 is 1.25 bits per heavy atom. The Hall–Kier alpha value is -1.89. The highest BCUT2D eigenvalue weighted by atomic mass is 16.4. The molecule has 0 fully saturated rings. The van der Waals surface area contributed by atoms with Gasteiger partial charge in [-0.05, 0) is 0 Å². The van der Waals surface area contributed by atoms with Crippen molar-refractivity contribution in [3.63, 3.8) is 0 Å². The van der Waals surface area contributed by atoms with Crippen LogP contribution in [0.4, 0.5) is 0 Å². The molecule has 0 spiro atoms. The molecule has 0 bridgehead atoms. The zero-order valence-electron chi connectivity index (χ0n) is 6.21. The number of carboxylic acid groups (broad SMARTS) is 3. The average molecular weight is 181 g/mol.